The minimum atomic E-state index is -0.381. The predicted molar refractivity (Wildman–Crippen MR) is 91.8 cm³/mol. The van der Waals surface area contributed by atoms with Crippen molar-refractivity contribution in [2.24, 2.45) is 0 Å². The van der Waals surface area contributed by atoms with Crippen LogP contribution in [0.25, 0.3) is 0 Å². The number of amides is 3. The number of urea groups is 1. The van der Waals surface area contributed by atoms with Crippen LogP contribution in [0, 0.1) is 13.8 Å². The Hall–Kier alpha value is -3.09. The maximum Gasteiger partial charge on any atom is 0.322 e. The molecule has 0 saturated carbocycles. The second-order valence-electron chi connectivity index (χ2n) is 5.33. The van der Waals surface area contributed by atoms with Crippen molar-refractivity contribution in [1.29, 1.82) is 0 Å². The summed E-state index contributed by atoms with van der Waals surface area (Å²) in [7, 11) is 0. The van der Waals surface area contributed by atoms with E-state index in [1.165, 1.54) is 17.2 Å². The van der Waals surface area contributed by atoms with E-state index in [4.69, 9.17) is 0 Å². The normalized spacial score (nSPS) is 10.1. The summed E-state index contributed by atoms with van der Waals surface area (Å²) >= 11 is 0. The maximum atomic E-state index is 12.4. The number of carbonyl (C=O) groups excluding carboxylic acids is 2. The Balaban J connectivity index is 1.99. The third-order valence-electron chi connectivity index (χ3n) is 3.43. The fraction of sp³-hybridized carbons (Fsp3) is 0.235. The summed E-state index contributed by atoms with van der Waals surface area (Å²) in [6.45, 7) is 7.70. The number of anilines is 2. The van der Waals surface area contributed by atoms with E-state index in [9.17, 15) is 9.59 Å². The zero-order valence-corrected chi connectivity index (χ0v) is 13.7. The van der Waals surface area contributed by atoms with Gasteiger partial charge in [-0.15, -0.1) is 6.58 Å². The van der Waals surface area contributed by atoms with Gasteiger partial charge in [-0.05, 0) is 37.1 Å². The molecule has 24 heavy (non-hydrogen) atoms. The Kier molecular flexibility index (Phi) is 5.73. The number of aryl methyl sites for hydroxylation is 2. The van der Waals surface area contributed by atoms with Crippen LogP contribution >= 0.6 is 0 Å². The van der Waals surface area contributed by atoms with E-state index in [0.717, 1.165) is 11.1 Å². The van der Waals surface area contributed by atoms with Crippen LogP contribution < -0.4 is 10.6 Å². The van der Waals surface area contributed by atoms with Crippen LogP contribution in [0.3, 0.4) is 0 Å². The van der Waals surface area contributed by atoms with Crippen LogP contribution in [-0.4, -0.2) is 35.1 Å². The van der Waals surface area contributed by atoms with Crippen molar-refractivity contribution in [3.63, 3.8) is 0 Å². The van der Waals surface area contributed by atoms with Crippen LogP contribution in [0.4, 0.5) is 16.3 Å². The van der Waals surface area contributed by atoms with Crippen LogP contribution in [0.15, 0.2) is 47.7 Å². The minimum Gasteiger partial charge on any atom is -0.363 e. The average molecular weight is 328 g/mol. The van der Waals surface area contributed by atoms with Crippen LogP contribution in [0.2, 0.25) is 0 Å². The standard InChI is InChI=1S/C17H20N4O3/c1-4-8-21(11-16(22)19-15-7-9-24-20-15)17(23)18-14-6-5-12(2)13(3)10-14/h4-7,9-10H,1,8,11H2,2-3H3,(H,18,23)(H,19,20,22). The predicted octanol–water partition coefficient (Wildman–Crippen LogP) is 2.95. The summed E-state index contributed by atoms with van der Waals surface area (Å²) in [6, 6.07) is 6.77. The largest absolute Gasteiger partial charge is 0.363 e. The average Bonchev–Trinajstić information content (AvgIpc) is 3.03. The summed E-state index contributed by atoms with van der Waals surface area (Å²) in [6.07, 6.45) is 2.91. The molecule has 0 fully saturated rings. The molecular weight excluding hydrogens is 308 g/mol. The molecule has 0 radical (unpaired) electrons. The van der Waals surface area contributed by atoms with Crippen LogP contribution in [0.5, 0.6) is 0 Å². The Morgan fingerprint density at radius 3 is 2.67 bits per heavy atom. The molecule has 3 amide bonds. The zero-order chi connectivity index (χ0) is 17.5. The summed E-state index contributed by atoms with van der Waals surface area (Å²) in [5.41, 5.74) is 2.89. The van der Waals surface area contributed by atoms with Gasteiger partial charge in [0.25, 0.3) is 0 Å². The number of nitrogens with zero attached hydrogens (tertiary/aromatic N) is 2. The molecule has 7 heteroatoms. The number of benzene rings is 1. The molecule has 0 saturated heterocycles. The van der Waals surface area contributed by atoms with Gasteiger partial charge in [0.05, 0.1) is 0 Å². The Morgan fingerprint density at radius 2 is 2.04 bits per heavy atom. The third kappa shape index (κ3) is 4.70. The number of hydrogen-bond acceptors (Lipinski definition) is 4. The quantitative estimate of drug-likeness (QED) is 0.798. The molecule has 126 valence electrons. The second-order valence-corrected chi connectivity index (χ2v) is 5.33. The highest BCUT2D eigenvalue weighted by atomic mass is 16.5. The number of carbonyl (C=O) groups is 2. The smallest absolute Gasteiger partial charge is 0.322 e. The second kappa shape index (κ2) is 7.96. The summed E-state index contributed by atoms with van der Waals surface area (Å²) in [5, 5.41) is 8.92. The van der Waals surface area contributed by atoms with E-state index in [-0.39, 0.29) is 25.0 Å². The van der Waals surface area contributed by atoms with Crippen molar-refractivity contribution >= 4 is 23.4 Å². The summed E-state index contributed by atoms with van der Waals surface area (Å²) in [5.74, 6) is -0.0749. The van der Waals surface area contributed by atoms with Gasteiger partial charge < -0.3 is 20.1 Å². The lowest BCUT2D eigenvalue weighted by Crippen LogP contribution is -2.40. The SMILES string of the molecule is C=CCN(CC(=O)Nc1ccon1)C(=O)Nc1ccc(C)c(C)c1. The van der Waals surface area contributed by atoms with Gasteiger partial charge in [-0.1, -0.05) is 17.3 Å². The van der Waals surface area contributed by atoms with Gasteiger partial charge in [0.15, 0.2) is 5.82 Å². The van der Waals surface area contributed by atoms with Gasteiger partial charge in [-0.2, -0.15) is 0 Å². The van der Waals surface area contributed by atoms with E-state index >= 15 is 0 Å². The third-order valence-corrected chi connectivity index (χ3v) is 3.43. The molecule has 0 spiro atoms. The summed E-state index contributed by atoms with van der Waals surface area (Å²) < 4.78 is 4.64. The first kappa shape index (κ1) is 17.3. The van der Waals surface area contributed by atoms with E-state index in [0.29, 0.717) is 11.5 Å². The molecule has 0 atom stereocenters. The van der Waals surface area contributed by atoms with Crippen molar-refractivity contribution in [3.05, 3.63) is 54.3 Å². The zero-order valence-electron chi connectivity index (χ0n) is 13.7. The lowest BCUT2D eigenvalue weighted by atomic mass is 10.1. The highest BCUT2D eigenvalue weighted by Gasteiger charge is 2.17. The lowest BCUT2D eigenvalue weighted by molar-refractivity contribution is -0.116. The van der Waals surface area contributed by atoms with Crippen molar-refractivity contribution in [3.8, 4) is 0 Å². The number of rotatable bonds is 6. The molecule has 1 aromatic carbocycles. The molecule has 0 aliphatic carbocycles. The molecule has 1 heterocycles. The maximum absolute atomic E-state index is 12.4. The van der Waals surface area contributed by atoms with Crippen LogP contribution in [-0.2, 0) is 4.79 Å². The Morgan fingerprint density at radius 1 is 1.25 bits per heavy atom. The van der Waals surface area contributed by atoms with Gasteiger partial charge in [0, 0.05) is 18.3 Å². The highest BCUT2D eigenvalue weighted by Crippen LogP contribution is 2.14. The fourth-order valence-electron chi connectivity index (χ4n) is 2.03. The Bertz CT molecular complexity index is 725. The van der Waals surface area contributed by atoms with Gasteiger partial charge in [0.1, 0.15) is 12.8 Å². The van der Waals surface area contributed by atoms with E-state index < -0.39 is 0 Å². The molecule has 0 unspecified atom stereocenters. The van der Waals surface area contributed by atoms with Crippen molar-refractivity contribution in [2.45, 2.75) is 13.8 Å². The van der Waals surface area contributed by atoms with Crippen LogP contribution in [0.1, 0.15) is 11.1 Å². The topological polar surface area (TPSA) is 87.5 Å². The highest BCUT2D eigenvalue weighted by molar-refractivity contribution is 5.96. The Labute approximate surface area is 140 Å². The van der Waals surface area contributed by atoms with Gasteiger partial charge in [-0.25, -0.2) is 4.79 Å². The molecular formula is C17H20N4O3. The monoisotopic (exact) mass is 328 g/mol. The molecule has 2 N–H and O–H groups in total. The van der Waals surface area contributed by atoms with Crippen molar-refractivity contribution in [1.82, 2.24) is 10.1 Å². The summed E-state index contributed by atoms with van der Waals surface area (Å²) in [4.78, 5) is 25.7. The molecule has 0 aliphatic heterocycles. The first-order chi connectivity index (χ1) is 11.5. The van der Waals surface area contributed by atoms with Gasteiger partial charge in [-0.3, -0.25) is 4.79 Å². The fourth-order valence-corrected chi connectivity index (χ4v) is 2.03. The van der Waals surface area contributed by atoms with Crippen molar-refractivity contribution in [2.75, 3.05) is 23.7 Å². The number of hydrogen-bond donors (Lipinski definition) is 2. The lowest BCUT2D eigenvalue weighted by Gasteiger charge is -2.21. The van der Waals surface area contributed by atoms with Gasteiger partial charge in [0.2, 0.25) is 5.91 Å². The molecule has 2 rings (SSSR count). The number of nitrogens with one attached hydrogen (secondary N) is 2. The van der Waals surface area contributed by atoms with E-state index in [2.05, 4.69) is 26.9 Å². The molecule has 1 aromatic heterocycles. The molecule has 2 aromatic rings. The first-order valence-electron chi connectivity index (χ1n) is 7.44. The van der Waals surface area contributed by atoms with Crippen molar-refractivity contribution < 1.29 is 14.1 Å². The number of aromatic nitrogens is 1. The van der Waals surface area contributed by atoms with E-state index in [1.807, 2.05) is 32.0 Å². The molecule has 7 nitrogen and oxygen atoms in total. The van der Waals surface area contributed by atoms with E-state index in [1.54, 1.807) is 6.08 Å². The molecule has 0 aliphatic rings. The molecule has 0 bridgehead atoms. The minimum absolute atomic E-state index is 0.129. The van der Waals surface area contributed by atoms with Gasteiger partial charge >= 0.3 is 6.03 Å². The first-order valence-corrected chi connectivity index (χ1v) is 7.44.